The van der Waals surface area contributed by atoms with E-state index in [9.17, 15) is 0 Å². The molecule has 0 bridgehead atoms. The molecule has 0 aromatic carbocycles. The summed E-state index contributed by atoms with van der Waals surface area (Å²) in [5.41, 5.74) is 7.11. The molecule has 2 heteroatoms. The average molecular weight is 170 g/mol. The molecule has 0 spiro atoms. The standard InChI is InChI=1S/C10H22N2/c1-8(2)6-12(5)7-10(11)9(3)4/h9-10H,1,6-7,11H2,2-5H3. The molecule has 0 saturated carbocycles. The monoisotopic (exact) mass is 170 g/mol. The van der Waals surface area contributed by atoms with E-state index in [1.807, 2.05) is 6.92 Å². The van der Waals surface area contributed by atoms with E-state index in [0.717, 1.165) is 13.1 Å². The highest BCUT2D eigenvalue weighted by Gasteiger charge is 2.09. The second-order valence-corrected chi connectivity index (χ2v) is 4.06. The van der Waals surface area contributed by atoms with Crippen molar-refractivity contribution in [3.05, 3.63) is 12.2 Å². The molecule has 1 atom stereocenters. The van der Waals surface area contributed by atoms with Crippen molar-refractivity contribution in [2.45, 2.75) is 26.8 Å². The zero-order valence-corrected chi connectivity index (χ0v) is 8.80. The molecule has 0 saturated heterocycles. The van der Waals surface area contributed by atoms with Gasteiger partial charge in [-0.1, -0.05) is 26.0 Å². The lowest BCUT2D eigenvalue weighted by Crippen LogP contribution is -2.39. The first-order chi connectivity index (χ1) is 5.43. The van der Waals surface area contributed by atoms with Gasteiger partial charge in [-0.25, -0.2) is 0 Å². The quantitative estimate of drug-likeness (QED) is 0.633. The maximum Gasteiger partial charge on any atom is 0.0191 e. The second-order valence-electron chi connectivity index (χ2n) is 4.06. The first-order valence-electron chi connectivity index (χ1n) is 4.52. The fraction of sp³-hybridized carbons (Fsp3) is 0.800. The molecule has 0 heterocycles. The molecule has 0 aromatic rings. The first-order valence-corrected chi connectivity index (χ1v) is 4.52. The van der Waals surface area contributed by atoms with Crippen LogP contribution < -0.4 is 5.73 Å². The minimum Gasteiger partial charge on any atom is -0.326 e. The molecule has 12 heavy (non-hydrogen) atoms. The molecule has 2 N–H and O–H groups in total. The Balaban J connectivity index is 3.68. The van der Waals surface area contributed by atoms with Crippen LogP contribution in [0.1, 0.15) is 20.8 Å². The van der Waals surface area contributed by atoms with Gasteiger partial charge in [-0.3, -0.25) is 0 Å². The number of rotatable bonds is 5. The van der Waals surface area contributed by atoms with Crippen LogP contribution in [0.25, 0.3) is 0 Å². The van der Waals surface area contributed by atoms with E-state index < -0.39 is 0 Å². The van der Waals surface area contributed by atoms with Crippen molar-refractivity contribution in [3.63, 3.8) is 0 Å². The molecule has 0 rings (SSSR count). The van der Waals surface area contributed by atoms with E-state index in [-0.39, 0.29) is 6.04 Å². The summed E-state index contributed by atoms with van der Waals surface area (Å²) in [4.78, 5) is 2.22. The van der Waals surface area contributed by atoms with Gasteiger partial charge in [-0.05, 0) is 19.9 Å². The van der Waals surface area contributed by atoms with Crippen LogP contribution in [0.3, 0.4) is 0 Å². The largest absolute Gasteiger partial charge is 0.326 e. The predicted octanol–water partition coefficient (Wildman–Crippen LogP) is 1.48. The number of nitrogens with zero attached hydrogens (tertiary/aromatic N) is 1. The van der Waals surface area contributed by atoms with E-state index in [4.69, 9.17) is 5.73 Å². The highest BCUT2D eigenvalue weighted by Crippen LogP contribution is 2.01. The van der Waals surface area contributed by atoms with E-state index in [2.05, 4.69) is 32.4 Å². The summed E-state index contributed by atoms with van der Waals surface area (Å²) in [5, 5.41) is 0. The Bertz CT molecular complexity index is 141. The van der Waals surface area contributed by atoms with Gasteiger partial charge in [0.1, 0.15) is 0 Å². The van der Waals surface area contributed by atoms with E-state index in [1.165, 1.54) is 5.57 Å². The summed E-state index contributed by atoms with van der Waals surface area (Å²) in [6, 6.07) is 0.273. The lowest BCUT2D eigenvalue weighted by Gasteiger charge is -2.23. The molecule has 0 fully saturated rings. The topological polar surface area (TPSA) is 29.3 Å². The Morgan fingerprint density at radius 3 is 2.33 bits per heavy atom. The van der Waals surface area contributed by atoms with Gasteiger partial charge in [-0.2, -0.15) is 0 Å². The Hall–Kier alpha value is -0.340. The Morgan fingerprint density at radius 1 is 1.50 bits per heavy atom. The Kier molecular flexibility index (Phi) is 5.18. The van der Waals surface area contributed by atoms with Gasteiger partial charge in [0, 0.05) is 19.1 Å². The maximum absolute atomic E-state index is 5.92. The zero-order valence-electron chi connectivity index (χ0n) is 8.80. The number of nitrogens with two attached hydrogens (primary N) is 1. The summed E-state index contributed by atoms with van der Waals surface area (Å²) < 4.78 is 0. The zero-order chi connectivity index (χ0) is 9.72. The van der Waals surface area contributed by atoms with Gasteiger partial charge in [-0.15, -0.1) is 0 Å². The molecule has 0 aliphatic rings. The van der Waals surface area contributed by atoms with Crippen molar-refractivity contribution in [1.29, 1.82) is 0 Å². The Morgan fingerprint density at radius 2 is 2.00 bits per heavy atom. The molecular weight excluding hydrogens is 148 g/mol. The van der Waals surface area contributed by atoms with Gasteiger partial charge in [0.25, 0.3) is 0 Å². The van der Waals surface area contributed by atoms with Crippen LogP contribution in [-0.4, -0.2) is 31.1 Å². The van der Waals surface area contributed by atoms with Crippen molar-refractivity contribution < 1.29 is 0 Å². The predicted molar refractivity (Wildman–Crippen MR) is 55.1 cm³/mol. The van der Waals surface area contributed by atoms with Crippen LogP contribution in [0.5, 0.6) is 0 Å². The van der Waals surface area contributed by atoms with Crippen molar-refractivity contribution in [2.75, 3.05) is 20.1 Å². The Labute approximate surface area is 76.4 Å². The maximum atomic E-state index is 5.92. The molecule has 0 amide bonds. The van der Waals surface area contributed by atoms with Crippen molar-refractivity contribution in [3.8, 4) is 0 Å². The van der Waals surface area contributed by atoms with Gasteiger partial charge in [0.05, 0.1) is 0 Å². The third-order valence-electron chi connectivity index (χ3n) is 1.92. The van der Waals surface area contributed by atoms with Gasteiger partial charge >= 0.3 is 0 Å². The van der Waals surface area contributed by atoms with Crippen LogP contribution in [0.15, 0.2) is 12.2 Å². The molecule has 0 radical (unpaired) electrons. The fourth-order valence-corrected chi connectivity index (χ4v) is 1.10. The molecule has 2 nitrogen and oxygen atoms in total. The van der Waals surface area contributed by atoms with Crippen LogP contribution in [-0.2, 0) is 0 Å². The molecule has 0 aliphatic heterocycles. The molecule has 72 valence electrons. The molecular formula is C10H22N2. The van der Waals surface area contributed by atoms with E-state index >= 15 is 0 Å². The minimum atomic E-state index is 0.273. The first kappa shape index (κ1) is 11.7. The van der Waals surface area contributed by atoms with E-state index in [1.54, 1.807) is 0 Å². The van der Waals surface area contributed by atoms with Crippen LogP contribution in [0.2, 0.25) is 0 Å². The minimum absolute atomic E-state index is 0.273. The summed E-state index contributed by atoms with van der Waals surface area (Å²) in [6.45, 7) is 12.1. The van der Waals surface area contributed by atoms with Crippen molar-refractivity contribution >= 4 is 0 Å². The SMILES string of the molecule is C=C(C)CN(C)CC(N)C(C)C. The van der Waals surface area contributed by atoms with Gasteiger partial charge in [0.2, 0.25) is 0 Å². The van der Waals surface area contributed by atoms with E-state index in [0.29, 0.717) is 5.92 Å². The molecule has 1 unspecified atom stereocenters. The highest BCUT2D eigenvalue weighted by molar-refractivity contribution is 4.91. The molecule has 0 aromatic heterocycles. The normalized spacial score (nSPS) is 13.9. The molecule has 0 aliphatic carbocycles. The third kappa shape index (κ3) is 5.33. The van der Waals surface area contributed by atoms with Crippen LogP contribution >= 0.6 is 0 Å². The number of likely N-dealkylation sites (N-methyl/N-ethyl adjacent to an activating group) is 1. The third-order valence-corrected chi connectivity index (χ3v) is 1.92. The van der Waals surface area contributed by atoms with Gasteiger partial charge in [0.15, 0.2) is 0 Å². The number of hydrogen-bond acceptors (Lipinski definition) is 2. The lowest BCUT2D eigenvalue weighted by atomic mass is 10.1. The smallest absolute Gasteiger partial charge is 0.0191 e. The van der Waals surface area contributed by atoms with Crippen LogP contribution in [0.4, 0.5) is 0 Å². The van der Waals surface area contributed by atoms with Crippen LogP contribution in [0, 0.1) is 5.92 Å². The lowest BCUT2D eigenvalue weighted by molar-refractivity contribution is 0.302. The average Bonchev–Trinajstić information content (AvgIpc) is 1.84. The second kappa shape index (κ2) is 5.33. The summed E-state index contributed by atoms with van der Waals surface area (Å²) >= 11 is 0. The van der Waals surface area contributed by atoms with Crippen molar-refractivity contribution in [2.24, 2.45) is 11.7 Å². The summed E-state index contributed by atoms with van der Waals surface area (Å²) in [5.74, 6) is 0.553. The summed E-state index contributed by atoms with van der Waals surface area (Å²) in [7, 11) is 2.08. The highest BCUT2D eigenvalue weighted by atomic mass is 15.1. The number of hydrogen-bond donors (Lipinski definition) is 1. The van der Waals surface area contributed by atoms with Gasteiger partial charge < -0.3 is 10.6 Å². The summed E-state index contributed by atoms with van der Waals surface area (Å²) in [6.07, 6.45) is 0. The fourth-order valence-electron chi connectivity index (χ4n) is 1.10. The van der Waals surface area contributed by atoms with Crippen molar-refractivity contribution in [1.82, 2.24) is 4.90 Å².